The normalized spacial score (nSPS) is 12.1. The van der Waals surface area contributed by atoms with E-state index in [4.69, 9.17) is 15.5 Å². The first-order chi connectivity index (χ1) is 5.39. The standard InChI is InChI=1S/C8H15O3P/c1-6-12(9,10-7(2)3)11-8(4)5/h1,7-8H,2-5H3. The van der Waals surface area contributed by atoms with E-state index in [0.717, 1.165) is 0 Å². The molecule has 4 heteroatoms. The van der Waals surface area contributed by atoms with Gasteiger partial charge in [0.25, 0.3) is 0 Å². The lowest BCUT2D eigenvalue weighted by Gasteiger charge is -2.17. The van der Waals surface area contributed by atoms with Crippen LogP contribution < -0.4 is 0 Å². The summed E-state index contributed by atoms with van der Waals surface area (Å²) in [5, 5.41) is 0. The molecule has 0 aromatic heterocycles. The lowest BCUT2D eigenvalue weighted by Crippen LogP contribution is -2.06. The molecular weight excluding hydrogens is 175 g/mol. The van der Waals surface area contributed by atoms with E-state index < -0.39 is 7.60 Å². The minimum absolute atomic E-state index is 0.189. The van der Waals surface area contributed by atoms with Crippen LogP contribution in [-0.4, -0.2) is 12.2 Å². The smallest absolute Gasteiger partial charge is 0.297 e. The largest absolute Gasteiger partial charge is 0.405 e. The molecule has 0 atom stereocenters. The van der Waals surface area contributed by atoms with Crippen molar-refractivity contribution in [1.82, 2.24) is 0 Å². The van der Waals surface area contributed by atoms with Crippen molar-refractivity contribution in [3.8, 4) is 12.1 Å². The van der Waals surface area contributed by atoms with Crippen molar-refractivity contribution in [2.24, 2.45) is 0 Å². The highest BCUT2D eigenvalue weighted by Crippen LogP contribution is 2.48. The van der Waals surface area contributed by atoms with Crippen LogP contribution >= 0.6 is 7.60 Å². The third-order valence-corrected chi connectivity index (χ3v) is 2.57. The molecule has 0 saturated carbocycles. The summed E-state index contributed by atoms with van der Waals surface area (Å²) in [5.74, 6) is 0. The molecule has 0 bridgehead atoms. The molecule has 0 unspecified atom stereocenters. The first kappa shape index (κ1) is 11.7. The maximum atomic E-state index is 11.5. The van der Waals surface area contributed by atoms with E-state index >= 15 is 0 Å². The van der Waals surface area contributed by atoms with E-state index in [1.807, 2.05) is 0 Å². The van der Waals surface area contributed by atoms with Crippen molar-refractivity contribution < 1.29 is 13.6 Å². The Balaban J connectivity index is 4.29. The van der Waals surface area contributed by atoms with Crippen LogP contribution in [0.4, 0.5) is 0 Å². The monoisotopic (exact) mass is 190 g/mol. The molecule has 0 amide bonds. The lowest BCUT2D eigenvalue weighted by molar-refractivity contribution is 0.151. The van der Waals surface area contributed by atoms with E-state index in [2.05, 4.69) is 5.66 Å². The number of hydrogen-bond acceptors (Lipinski definition) is 3. The third kappa shape index (κ3) is 4.56. The molecule has 3 nitrogen and oxygen atoms in total. The topological polar surface area (TPSA) is 35.5 Å². The molecule has 0 radical (unpaired) electrons. The molecule has 0 spiro atoms. The molecule has 0 fully saturated rings. The molecule has 0 saturated heterocycles. The molecular formula is C8H15O3P. The van der Waals surface area contributed by atoms with Gasteiger partial charge in [-0.2, -0.15) is 0 Å². The number of hydrogen-bond donors (Lipinski definition) is 0. The summed E-state index contributed by atoms with van der Waals surface area (Å²) in [6.07, 6.45) is 4.66. The Kier molecular flexibility index (Phi) is 4.55. The highest BCUT2D eigenvalue weighted by molar-refractivity contribution is 7.59. The fourth-order valence-corrected chi connectivity index (χ4v) is 1.92. The summed E-state index contributed by atoms with van der Waals surface area (Å²) in [6.45, 7) is 7.03. The molecule has 0 N–H and O–H groups in total. The minimum Gasteiger partial charge on any atom is -0.297 e. The van der Waals surface area contributed by atoms with Crippen molar-refractivity contribution in [2.45, 2.75) is 39.9 Å². The quantitative estimate of drug-likeness (QED) is 0.505. The van der Waals surface area contributed by atoms with Crippen LogP contribution in [-0.2, 0) is 13.6 Å². The van der Waals surface area contributed by atoms with E-state index in [9.17, 15) is 4.57 Å². The van der Waals surface area contributed by atoms with Gasteiger partial charge in [-0.3, -0.25) is 9.05 Å². The molecule has 0 aliphatic rings. The zero-order valence-electron chi connectivity index (χ0n) is 7.90. The second-order valence-corrected chi connectivity index (χ2v) is 4.61. The zero-order chi connectivity index (χ0) is 9.78. The Hall–Kier alpha value is -0.290. The van der Waals surface area contributed by atoms with E-state index in [1.165, 1.54) is 0 Å². The molecule has 0 aliphatic carbocycles. The van der Waals surface area contributed by atoms with Gasteiger partial charge in [0.05, 0.1) is 12.2 Å². The summed E-state index contributed by atoms with van der Waals surface area (Å²) >= 11 is 0. The van der Waals surface area contributed by atoms with E-state index in [1.54, 1.807) is 27.7 Å². The summed E-state index contributed by atoms with van der Waals surface area (Å²) in [4.78, 5) is 0. The van der Waals surface area contributed by atoms with Crippen molar-refractivity contribution >= 4 is 7.60 Å². The van der Waals surface area contributed by atoms with Crippen LogP contribution in [0.2, 0.25) is 0 Å². The Morgan fingerprint density at radius 3 is 1.67 bits per heavy atom. The van der Waals surface area contributed by atoms with Crippen LogP contribution in [0.1, 0.15) is 27.7 Å². The Morgan fingerprint density at radius 2 is 1.50 bits per heavy atom. The summed E-state index contributed by atoms with van der Waals surface area (Å²) in [6, 6.07) is 0. The van der Waals surface area contributed by atoms with Gasteiger partial charge in [0.1, 0.15) is 0 Å². The lowest BCUT2D eigenvalue weighted by atomic mass is 10.5. The minimum atomic E-state index is -3.28. The Labute approximate surface area is 74.0 Å². The maximum Gasteiger partial charge on any atom is 0.405 e. The number of terminal acetylenes is 1. The highest BCUT2D eigenvalue weighted by atomic mass is 31.2. The third-order valence-electron chi connectivity index (χ3n) is 0.857. The van der Waals surface area contributed by atoms with Crippen LogP contribution in [0.3, 0.4) is 0 Å². The van der Waals surface area contributed by atoms with Crippen molar-refractivity contribution in [1.29, 1.82) is 0 Å². The van der Waals surface area contributed by atoms with Gasteiger partial charge in [-0.1, -0.05) is 0 Å². The van der Waals surface area contributed by atoms with Gasteiger partial charge in [0.2, 0.25) is 0 Å². The van der Waals surface area contributed by atoms with Crippen LogP contribution in [0, 0.1) is 12.1 Å². The van der Waals surface area contributed by atoms with Gasteiger partial charge in [-0.15, -0.1) is 6.42 Å². The Morgan fingerprint density at radius 1 is 1.17 bits per heavy atom. The van der Waals surface area contributed by atoms with E-state index in [0.29, 0.717) is 0 Å². The predicted molar refractivity (Wildman–Crippen MR) is 48.9 cm³/mol. The van der Waals surface area contributed by atoms with Crippen molar-refractivity contribution in [3.05, 3.63) is 0 Å². The van der Waals surface area contributed by atoms with E-state index in [-0.39, 0.29) is 12.2 Å². The average Bonchev–Trinajstić information content (AvgIpc) is 1.83. The van der Waals surface area contributed by atoms with Gasteiger partial charge in [-0.25, -0.2) is 4.57 Å². The molecule has 0 rings (SSSR count). The van der Waals surface area contributed by atoms with Gasteiger partial charge >= 0.3 is 7.60 Å². The van der Waals surface area contributed by atoms with Gasteiger partial charge < -0.3 is 0 Å². The molecule has 0 aromatic carbocycles. The molecule has 0 heterocycles. The molecule has 0 aliphatic heterocycles. The molecule has 12 heavy (non-hydrogen) atoms. The van der Waals surface area contributed by atoms with Crippen LogP contribution in [0.25, 0.3) is 0 Å². The van der Waals surface area contributed by atoms with Crippen LogP contribution in [0.15, 0.2) is 0 Å². The second kappa shape index (κ2) is 4.67. The summed E-state index contributed by atoms with van der Waals surface area (Å²) < 4.78 is 21.5. The molecule has 70 valence electrons. The predicted octanol–water partition coefficient (Wildman–Crippen LogP) is 2.62. The maximum absolute atomic E-state index is 11.5. The van der Waals surface area contributed by atoms with Crippen LogP contribution in [0.5, 0.6) is 0 Å². The molecule has 0 aromatic rings. The summed E-state index contributed by atoms with van der Waals surface area (Å²) in [7, 11) is -3.28. The second-order valence-electron chi connectivity index (χ2n) is 2.93. The average molecular weight is 190 g/mol. The zero-order valence-corrected chi connectivity index (χ0v) is 8.80. The fraction of sp³-hybridized carbons (Fsp3) is 0.750. The van der Waals surface area contributed by atoms with Gasteiger partial charge in [0.15, 0.2) is 0 Å². The Bertz CT molecular complexity index is 201. The fourth-order valence-electron chi connectivity index (χ4n) is 0.641. The first-order valence-corrected chi connectivity index (χ1v) is 5.38. The SMILES string of the molecule is C#CP(=O)(OC(C)C)OC(C)C. The van der Waals surface area contributed by atoms with Gasteiger partial charge in [0, 0.05) is 5.66 Å². The highest BCUT2D eigenvalue weighted by Gasteiger charge is 2.24. The number of rotatable bonds is 4. The summed E-state index contributed by atoms with van der Waals surface area (Å²) in [5.41, 5.74) is 2.05. The van der Waals surface area contributed by atoms with Crippen molar-refractivity contribution in [2.75, 3.05) is 0 Å². The van der Waals surface area contributed by atoms with Gasteiger partial charge in [-0.05, 0) is 27.7 Å². The van der Waals surface area contributed by atoms with Crippen molar-refractivity contribution in [3.63, 3.8) is 0 Å². The first-order valence-electron chi connectivity index (χ1n) is 3.84.